The molecule has 1 aromatic carbocycles. The quantitative estimate of drug-likeness (QED) is 0.863. The van der Waals surface area contributed by atoms with Gasteiger partial charge in [0.25, 0.3) is 0 Å². The van der Waals surface area contributed by atoms with Gasteiger partial charge in [-0.1, -0.05) is 29.8 Å². The zero-order chi connectivity index (χ0) is 12.2. The molecule has 0 saturated carbocycles. The summed E-state index contributed by atoms with van der Waals surface area (Å²) in [5.41, 5.74) is 1.46. The van der Waals surface area contributed by atoms with Crippen molar-refractivity contribution in [2.75, 3.05) is 6.54 Å². The lowest BCUT2D eigenvalue weighted by Gasteiger charge is -2.13. The van der Waals surface area contributed by atoms with Gasteiger partial charge in [-0.15, -0.1) is 0 Å². The first kappa shape index (κ1) is 12.5. The summed E-state index contributed by atoms with van der Waals surface area (Å²) in [6.07, 6.45) is -4.31. The molecule has 0 saturated heterocycles. The first-order valence-electron chi connectivity index (χ1n) is 4.69. The van der Waals surface area contributed by atoms with Gasteiger partial charge in [-0.25, -0.2) is 0 Å². The molecule has 0 aliphatic rings. The van der Waals surface area contributed by atoms with Crippen molar-refractivity contribution in [3.05, 3.63) is 35.4 Å². The number of benzene rings is 1. The van der Waals surface area contributed by atoms with Crippen molar-refractivity contribution in [2.24, 2.45) is 0 Å². The second kappa shape index (κ2) is 4.99. The Hall–Kier alpha value is -1.54. The Balaban J connectivity index is 2.73. The van der Waals surface area contributed by atoms with E-state index in [1.807, 2.05) is 19.1 Å². The van der Waals surface area contributed by atoms with Gasteiger partial charge in [0.15, 0.2) is 0 Å². The highest BCUT2D eigenvalue weighted by atomic mass is 19.4. The molecule has 1 unspecified atom stereocenters. The van der Waals surface area contributed by atoms with E-state index in [2.05, 4.69) is 5.32 Å². The van der Waals surface area contributed by atoms with Gasteiger partial charge in [-0.3, -0.25) is 5.32 Å². The summed E-state index contributed by atoms with van der Waals surface area (Å²) in [4.78, 5) is 0. The molecule has 0 heterocycles. The van der Waals surface area contributed by atoms with Crippen LogP contribution >= 0.6 is 0 Å². The van der Waals surface area contributed by atoms with E-state index in [0.29, 0.717) is 5.56 Å². The predicted octanol–water partition coefficient (Wildman–Crippen LogP) is 2.71. The van der Waals surface area contributed by atoms with Crippen molar-refractivity contribution in [3.8, 4) is 6.07 Å². The maximum atomic E-state index is 12.0. The molecular formula is C11H11F3N2. The average molecular weight is 228 g/mol. The predicted molar refractivity (Wildman–Crippen MR) is 53.6 cm³/mol. The minimum absolute atomic E-state index is 0.548. The van der Waals surface area contributed by atoms with Gasteiger partial charge in [0.2, 0.25) is 0 Å². The molecule has 2 nitrogen and oxygen atoms in total. The van der Waals surface area contributed by atoms with E-state index in [1.165, 1.54) is 0 Å². The van der Waals surface area contributed by atoms with Crippen LogP contribution in [-0.4, -0.2) is 12.7 Å². The number of alkyl halides is 3. The number of nitriles is 1. The zero-order valence-electron chi connectivity index (χ0n) is 8.67. The van der Waals surface area contributed by atoms with Crippen molar-refractivity contribution >= 4 is 0 Å². The molecular weight excluding hydrogens is 217 g/mol. The Labute approximate surface area is 91.7 Å². The lowest BCUT2D eigenvalue weighted by atomic mass is 10.1. The van der Waals surface area contributed by atoms with Crippen LogP contribution in [0.5, 0.6) is 0 Å². The van der Waals surface area contributed by atoms with Gasteiger partial charge >= 0.3 is 6.18 Å². The number of hydrogen-bond donors (Lipinski definition) is 1. The Bertz CT molecular complexity index is 393. The van der Waals surface area contributed by atoms with Crippen molar-refractivity contribution in [2.45, 2.75) is 19.1 Å². The standard InChI is InChI=1S/C11H11F3N2/c1-8-3-2-4-9(5-8)10(6-15)16-7-11(12,13)14/h2-5,10,16H,7H2,1H3. The van der Waals surface area contributed by atoms with Crippen LogP contribution < -0.4 is 5.32 Å². The van der Waals surface area contributed by atoms with E-state index in [1.54, 1.807) is 18.2 Å². The third-order valence-electron chi connectivity index (χ3n) is 2.01. The van der Waals surface area contributed by atoms with Crippen LogP contribution in [0.4, 0.5) is 13.2 Å². The van der Waals surface area contributed by atoms with E-state index >= 15 is 0 Å². The molecule has 0 aliphatic carbocycles. The van der Waals surface area contributed by atoms with Crippen LogP contribution in [0, 0.1) is 18.3 Å². The molecule has 0 spiro atoms. The summed E-state index contributed by atoms with van der Waals surface area (Å²) in [6.45, 7) is 0.654. The van der Waals surface area contributed by atoms with Crippen LogP contribution in [0.2, 0.25) is 0 Å². The number of rotatable bonds is 3. The van der Waals surface area contributed by atoms with Crippen LogP contribution in [0.3, 0.4) is 0 Å². The molecule has 1 aromatic rings. The minimum Gasteiger partial charge on any atom is -0.290 e. The third kappa shape index (κ3) is 3.91. The van der Waals surface area contributed by atoms with Crippen molar-refractivity contribution in [1.29, 1.82) is 5.26 Å². The third-order valence-corrected chi connectivity index (χ3v) is 2.01. The molecule has 5 heteroatoms. The molecule has 16 heavy (non-hydrogen) atoms. The van der Waals surface area contributed by atoms with Crippen molar-refractivity contribution in [3.63, 3.8) is 0 Å². The highest BCUT2D eigenvalue weighted by Gasteiger charge is 2.28. The minimum atomic E-state index is -4.31. The molecule has 1 N–H and O–H groups in total. The van der Waals surface area contributed by atoms with Crippen molar-refractivity contribution in [1.82, 2.24) is 5.32 Å². The molecule has 0 aliphatic heterocycles. The SMILES string of the molecule is Cc1cccc(C(C#N)NCC(F)(F)F)c1. The molecule has 1 atom stereocenters. The van der Waals surface area contributed by atoms with Gasteiger partial charge in [0.1, 0.15) is 6.04 Å². The summed E-state index contributed by atoms with van der Waals surface area (Å²) >= 11 is 0. The van der Waals surface area contributed by atoms with E-state index < -0.39 is 18.8 Å². The van der Waals surface area contributed by atoms with Crippen LogP contribution in [0.15, 0.2) is 24.3 Å². The smallest absolute Gasteiger partial charge is 0.290 e. The summed E-state index contributed by atoms with van der Waals surface area (Å²) < 4.78 is 35.9. The first-order valence-corrected chi connectivity index (χ1v) is 4.69. The maximum absolute atomic E-state index is 12.0. The van der Waals surface area contributed by atoms with Gasteiger partial charge in [-0.05, 0) is 12.5 Å². The monoisotopic (exact) mass is 228 g/mol. The van der Waals surface area contributed by atoms with Crippen molar-refractivity contribution < 1.29 is 13.2 Å². The largest absolute Gasteiger partial charge is 0.401 e. The summed E-state index contributed by atoms with van der Waals surface area (Å²) in [6, 6.07) is 7.73. The fourth-order valence-electron chi connectivity index (χ4n) is 1.31. The van der Waals surface area contributed by atoms with Crippen LogP contribution in [-0.2, 0) is 0 Å². The Morgan fingerprint density at radius 3 is 2.62 bits per heavy atom. The Kier molecular flexibility index (Phi) is 3.91. The summed E-state index contributed by atoms with van der Waals surface area (Å²) in [5.74, 6) is 0. The number of halogens is 3. The molecule has 0 aromatic heterocycles. The normalized spacial score (nSPS) is 13.2. The zero-order valence-corrected chi connectivity index (χ0v) is 8.67. The molecule has 1 rings (SSSR count). The van der Waals surface area contributed by atoms with Crippen LogP contribution in [0.1, 0.15) is 17.2 Å². The van der Waals surface area contributed by atoms with E-state index in [4.69, 9.17) is 5.26 Å². The Morgan fingerprint density at radius 2 is 2.12 bits per heavy atom. The number of nitrogens with one attached hydrogen (secondary N) is 1. The van der Waals surface area contributed by atoms with E-state index in [9.17, 15) is 13.2 Å². The fraction of sp³-hybridized carbons (Fsp3) is 0.364. The van der Waals surface area contributed by atoms with E-state index in [-0.39, 0.29) is 0 Å². The molecule has 86 valence electrons. The van der Waals surface area contributed by atoms with Gasteiger partial charge in [-0.2, -0.15) is 18.4 Å². The maximum Gasteiger partial charge on any atom is 0.401 e. The second-order valence-corrected chi connectivity index (χ2v) is 3.47. The first-order chi connectivity index (χ1) is 7.42. The number of nitrogens with zero attached hydrogens (tertiary/aromatic N) is 1. The van der Waals surface area contributed by atoms with Gasteiger partial charge in [0, 0.05) is 0 Å². The lowest BCUT2D eigenvalue weighted by Crippen LogP contribution is -2.31. The number of hydrogen-bond acceptors (Lipinski definition) is 2. The number of aryl methyl sites for hydroxylation is 1. The molecule has 0 amide bonds. The topological polar surface area (TPSA) is 35.8 Å². The second-order valence-electron chi connectivity index (χ2n) is 3.47. The average Bonchev–Trinajstić information content (AvgIpc) is 2.17. The van der Waals surface area contributed by atoms with Gasteiger partial charge < -0.3 is 0 Å². The highest BCUT2D eigenvalue weighted by molar-refractivity contribution is 5.28. The van der Waals surface area contributed by atoms with Gasteiger partial charge in [0.05, 0.1) is 12.6 Å². The molecule has 0 radical (unpaired) electrons. The van der Waals surface area contributed by atoms with Crippen LogP contribution in [0.25, 0.3) is 0 Å². The summed E-state index contributed by atoms with van der Waals surface area (Å²) in [5, 5.41) is 11.0. The Morgan fingerprint density at radius 1 is 1.44 bits per heavy atom. The molecule has 0 bridgehead atoms. The molecule has 0 fully saturated rings. The van der Waals surface area contributed by atoms with E-state index in [0.717, 1.165) is 5.56 Å². The lowest BCUT2D eigenvalue weighted by molar-refractivity contribution is -0.125. The fourth-order valence-corrected chi connectivity index (χ4v) is 1.31. The summed E-state index contributed by atoms with van der Waals surface area (Å²) in [7, 11) is 0. The highest BCUT2D eigenvalue weighted by Crippen LogP contribution is 2.17.